The number of aromatic amines is 1. The van der Waals surface area contributed by atoms with Crippen molar-refractivity contribution in [2.75, 3.05) is 0 Å². The van der Waals surface area contributed by atoms with Crippen LogP contribution in [0, 0.1) is 0 Å². The van der Waals surface area contributed by atoms with E-state index in [1.54, 1.807) is 66.7 Å². The molecule has 2 N–H and O–H groups in total. The number of ether oxygens (including phenoxy) is 1. The lowest BCUT2D eigenvalue weighted by molar-refractivity contribution is 0.0733. The summed E-state index contributed by atoms with van der Waals surface area (Å²) in [5.74, 6) is -0.887. The second-order valence-electron chi connectivity index (χ2n) is 8.57. The van der Waals surface area contributed by atoms with Crippen LogP contribution in [0.1, 0.15) is 26.4 Å². The fraction of sp³-hybridized carbons (Fsp3) is 0. The Hall–Kier alpha value is -2.66. The summed E-state index contributed by atoms with van der Waals surface area (Å²) in [5, 5.41) is 5.97. The number of esters is 1. The number of aromatic nitrogens is 1. The van der Waals surface area contributed by atoms with Crippen LogP contribution in [0.5, 0.6) is 5.75 Å². The molecule has 206 valence electrons. The number of hydrogen-bond acceptors (Lipinski definition) is 4. The number of nitrogens with one attached hydrogen (secondary N) is 2. The summed E-state index contributed by atoms with van der Waals surface area (Å²) in [7, 11) is 0. The Morgan fingerprint density at radius 1 is 0.878 bits per heavy atom. The van der Waals surface area contributed by atoms with Gasteiger partial charge in [-0.25, -0.2) is 10.2 Å². The predicted octanol–water partition coefficient (Wildman–Crippen LogP) is 10.1. The van der Waals surface area contributed by atoms with E-state index in [1.807, 2.05) is 6.07 Å². The number of rotatable bonds is 6. The van der Waals surface area contributed by atoms with E-state index in [0.29, 0.717) is 57.2 Å². The van der Waals surface area contributed by atoms with Crippen molar-refractivity contribution in [1.29, 1.82) is 0 Å². The minimum Gasteiger partial charge on any atom is -0.421 e. The van der Waals surface area contributed by atoms with Crippen LogP contribution in [0.2, 0.25) is 15.1 Å². The molecule has 0 saturated heterocycles. The van der Waals surface area contributed by atoms with Crippen LogP contribution >= 0.6 is 82.6 Å². The van der Waals surface area contributed by atoms with Crippen molar-refractivity contribution in [1.82, 2.24) is 10.4 Å². The van der Waals surface area contributed by atoms with Gasteiger partial charge in [0.25, 0.3) is 5.91 Å². The Morgan fingerprint density at radius 3 is 2.34 bits per heavy atom. The summed E-state index contributed by atoms with van der Waals surface area (Å²) in [5.41, 5.74) is 5.18. The maximum absolute atomic E-state index is 13.4. The summed E-state index contributed by atoms with van der Waals surface area (Å²) < 4.78 is 7.72. The average molecular weight is 800 g/mol. The minimum absolute atomic E-state index is 0.187. The Morgan fingerprint density at radius 2 is 1.61 bits per heavy atom. The Labute approximate surface area is 274 Å². The molecular weight excluding hydrogens is 784 g/mol. The number of carbonyl (C=O) groups excluding carboxylic acids is 2. The first kappa shape index (κ1) is 29.8. The van der Waals surface area contributed by atoms with Gasteiger partial charge in [-0.15, -0.1) is 0 Å². The molecule has 0 fully saturated rings. The van der Waals surface area contributed by atoms with E-state index in [1.165, 1.54) is 6.21 Å². The molecule has 1 aromatic heterocycles. The van der Waals surface area contributed by atoms with Crippen molar-refractivity contribution in [2.45, 2.75) is 0 Å². The highest BCUT2D eigenvalue weighted by atomic mass is 79.9. The smallest absolute Gasteiger partial charge is 0.343 e. The van der Waals surface area contributed by atoms with E-state index in [-0.39, 0.29) is 11.4 Å². The number of halogens is 6. The molecule has 5 rings (SSSR count). The molecule has 0 atom stereocenters. The summed E-state index contributed by atoms with van der Waals surface area (Å²) in [6, 6.07) is 20.6. The summed E-state index contributed by atoms with van der Waals surface area (Å²) >= 11 is 29.4. The molecule has 0 aliphatic carbocycles. The van der Waals surface area contributed by atoms with Crippen molar-refractivity contribution in [2.24, 2.45) is 5.10 Å². The quantitative estimate of drug-likeness (QED) is 0.0777. The third-order valence-corrected chi connectivity index (χ3v) is 8.30. The average Bonchev–Trinajstić information content (AvgIpc) is 3.30. The molecule has 6 nitrogen and oxygen atoms in total. The number of nitrogens with zero attached hydrogens (tertiary/aromatic N) is 1. The lowest BCUT2D eigenvalue weighted by Crippen LogP contribution is -2.19. The second-order valence-corrected chi connectivity index (χ2v) is 12.5. The molecular formula is C29H15Br3Cl3N3O3. The molecule has 4 aromatic carbocycles. The van der Waals surface area contributed by atoms with E-state index >= 15 is 0 Å². The van der Waals surface area contributed by atoms with Gasteiger partial charge in [-0.1, -0.05) is 84.9 Å². The molecule has 0 spiro atoms. The molecule has 5 aromatic rings. The van der Waals surface area contributed by atoms with Crippen molar-refractivity contribution >= 4 is 112 Å². The van der Waals surface area contributed by atoms with Gasteiger partial charge in [-0.05, 0) is 70.5 Å². The number of carbonyl (C=O) groups is 2. The standard InChI is InChI=1S/C29H15Br3Cl3N3O3/c30-16-7-5-14(6-8-16)29(40)41-27-15(9-17(31)10-21(27)32)13-36-38-28(39)26-24(19-3-1-2-4-22(19)34)20-11-18(33)12-23(35)25(20)37-26/h1-13,37H,(H,38,39). The molecule has 0 saturated carbocycles. The Balaban J connectivity index is 1.47. The minimum atomic E-state index is -0.558. The third kappa shape index (κ3) is 6.56. The molecule has 0 bridgehead atoms. The fourth-order valence-corrected chi connectivity index (χ4v) is 6.45. The number of fused-ring (bicyclic) bond motifs is 1. The van der Waals surface area contributed by atoms with Crippen LogP contribution in [0.3, 0.4) is 0 Å². The number of benzene rings is 4. The molecule has 0 aliphatic heterocycles. The largest absolute Gasteiger partial charge is 0.421 e. The molecule has 12 heteroatoms. The van der Waals surface area contributed by atoms with Gasteiger partial charge < -0.3 is 9.72 Å². The van der Waals surface area contributed by atoms with Gasteiger partial charge in [0.2, 0.25) is 0 Å². The van der Waals surface area contributed by atoms with Gasteiger partial charge in [0.15, 0.2) is 5.75 Å². The first-order chi connectivity index (χ1) is 19.6. The van der Waals surface area contributed by atoms with Crippen LogP contribution in [-0.2, 0) is 0 Å². The van der Waals surface area contributed by atoms with Crippen LogP contribution < -0.4 is 10.2 Å². The number of hydrogen-bond donors (Lipinski definition) is 2. The van der Waals surface area contributed by atoms with Crippen LogP contribution in [0.4, 0.5) is 0 Å². The molecule has 0 aliphatic rings. The van der Waals surface area contributed by atoms with Gasteiger partial charge in [0.1, 0.15) is 5.69 Å². The summed E-state index contributed by atoms with van der Waals surface area (Å²) in [6.07, 6.45) is 1.37. The van der Waals surface area contributed by atoms with Crippen molar-refractivity contribution in [3.8, 4) is 16.9 Å². The van der Waals surface area contributed by atoms with Crippen LogP contribution in [0.25, 0.3) is 22.0 Å². The SMILES string of the molecule is O=C(Oc1c(Br)cc(Br)cc1C=NNC(=O)c1[nH]c2c(Cl)cc(Cl)cc2c1-c1ccccc1Cl)c1ccc(Br)cc1. The van der Waals surface area contributed by atoms with Gasteiger partial charge in [-0.3, -0.25) is 4.79 Å². The molecule has 1 amide bonds. The predicted molar refractivity (Wildman–Crippen MR) is 175 cm³/mol. The van der Waals surface area contributed by atoms with E-state index in [9.17, 15) is 9.59 Å². The van der Waals surface area contributed by atoms with Crippen molar-refractivity contribution in [3.63, 3.8) is 0 Å². The topological polar surface area (TPSA) is 83.5 Å². The second kappa shape index (κ2) is 12.7. The zero-order valence-electron chi connectivity index (χ0n) is 20.4. The Bertz CT molecular complexity index is 1860. The van der Waals surface area contributed by atoms with E-state index in [0.717, 1.165) is 4.47 Å². The molecule has 41 heavy (non-hydrogen) atoms. The first-order valence-corrected chi connectivity index (χ1v) is 15.2. The summed E-state index contributed by atoms with van der Waals surface area (Å²) in [4.78, 5) is 29.3. The molecule has 0 unspecified atom stereocenters. The van der Waals surface area contributed by atoms with Crippen LogP contribution in [0.15, 0.2) is 91.3 Å². The van der Waals surface area contributed by atoms with E-state index < -0.39 is 11.9 Å². The zero-order valence-corrected chi connectivity index (χ0v) is 27.5. The zero-order chi connectivity index (χ0) is 29.3. The van der Waals surface area contributed by atoms with Gasteiger partial charge in [-0.2, -0.15) is 5.10 Å². The highest BCUT2D eigenvalue weighted by Crippen LogP contribution is 2.40. The maximum atomic E-state index is 13.4. The third-order valence-electron chi connectivity index (χ3n) is 5.88. The number of amides is 1. The number of H-pyrrole nitrogens is 1. The Kier molecular flexibility index (Phi) is 9.23. The van der Waals surface area contributed by atoms with Crippen LogP contribution in [-0.4, -0.2) is 23.1 Å². The lowest BCUT2D eigenvalue weighted by atomic mass is 10.0. The molecule has 1 heterocycles. The van der Waals surface area contributed by atoms with E-state index in [2.05, 4.69) is 63.3 Å². The molecule has 0 radical (unpaired) electrons. The van der Waals surface area contributed by atoms with E-state index in [4.69, 9.17) is 39.5 Å². The van der Waals surface area contributed by atoms with Gasteiger partial charge >= 0.3 is 5.97 Å². The highest BCUT2D eigenvalue weighted by Gasteiger charge is 2.23. The normalized spacial score (nSPS) is 11.3. The lowest BCUT2D eigenvalue weighted by Gasteiger charge is -2.11. The first-order valence-electron chi connectivity index (χ1n) is 11.7. The maximum Gasteiger partial charge on any atom is 0.343 e. The highest BCUT2D eigenvalue weighted by molar-refractivity contribution is 9.11. The summed E-state index contributed by atoms with van der Waals surface area (Å²) in [6.45, 7) is 0. The number of hydrazone groups is 1. The van der Waals surface area contributed by atoms with Gasteiger partial charge in [0, 0.05) is 41.1 Å². The fourth-order valence-electron chi connectivity index (χ4n) is 4.07. The monoisotopic (exact) mass is 795 g/mol. The van der Waals surface area contributed by atoms with Gasteiger partial charge in [0.05, 0.1) is 26.8 Å². The van der Waals surface area contributed by atoms with Crippen molar-refractivity contribution < 1.29 is 14.3 Å². The van der Waals surface area contributed by atoms with Crippen molar-refractivity contribution in [3.05, 3.63) is 118 Å².